The second-order valence-electron chi connectivity index (χ2n) is 5.90. The van der Waals surface area contributed by atoms with E-state index in [0.717, 1.165) is 24.2 Å². The van der Waals surface area contributed by atoms with Crippen LogP contribution in [0.4, 0.5) is 0 Å². The molecule has 1 aromatic carbocycles. The lowest BCUT2D eigenvalue weighted by Crippen LogP contribution is -2.41. The third kappa shape index (κ3) is 5.52. The van der Waals surface area contributed by atoms with Crippen molar-refractivity contribution in [3.8, 4) is 0 Å². The highest BCUT2D eigenvalue weighted by Gasteiger charge is 2.39. The molecule has 23 heavy (non-hydrogen) atoms. The number of thioether (sulfide) groups is 1. The van der Waals surface area contributed by atoms with Crippen LogP contribution in [0.15, 0.2) is 30.3 Å². The van der Waals surface area contributed by atoms with Gasteiger partial charge in [0.25, 0.3) is 0 Å². The molecular formula is C18H27NO3S. The second-order valence-corrected chi connectivity index (χ2v) is 7.15. The van der Waals surface area contributed by atoms with E-state index in [4.69, 9.17) is 9.47 Å². The number of ether oxygens (including phenoxy) is 2. The van der Waals surface area contributed by atoms with E-state index in [2.05, 4.69) is 12.2 Å². The Labute approximate surface area is 143 Å². The number of rotatable bonds is 8. The predicted octanol–water partition coefficient (Wildman–Crippen LogP) is 3.35. The Morgan fingerprint density at radius 3 is 2.48 bits per heavy atom. The Morgan fingerprint density at radius 1 is 1.22 bits per heavy atom. The second kappa shape index (κ2) is 9.30. The number of amides is 1. The van der Waals surface area contributed by atoms with Crippen LogP contribution in [0, 0.1) is 0 Å². The molecule has 1 aromatic rings. The SMILES string of the molecule is CCCCSC(C(=O)NCc1ccccc1)C1O[C@H](C)[C@@H](C)O1. The highest BCUT2D eigenvalue weighted by molar-refractivity contribution is 8.00. The van der Waals surface area contributed by atoms with E-state index in [-0.39, 0.29) is 23.4 Å². The van der Waals surface area contributed by atoms with Gasteiger partial charge in [0.15, 0.2) is 6.29 Å². The van der Waals surface area contributed by atoms with Crippen molar-refractivity contribution < 1.29 is 14.3 Å². The Hall–Kier alpha value is -1.04. The molecule has 1 N–H and O–H groups in total. The zero-order valence-corrected chi connectivity index (χ0v) is 15.0. The van der Waals surface area contributed by atoms with E-state index in [0.29, 0.717) is 6.54 Å². The summed E-state index contributed by atoms with van der Waals surface area (Å²) < 4.78 is 11.7. The summed E-state index contributed by atoms with van der Waals surface area (Å²) in [5, 5.41) is 2.69. The van der Waals surface area contributed by atoms with Crippen LogP contribution >= 0.6 is 11.8 Å². The number of unbranched alkanes of at least 4 members (excludes halogenated alkanes) is 1. The Kier molecular flexibility index (Phi) is 7.40. The van der Waals surface area contributed by atoms with Gasteiger partial charge < -0.3 is 14.8 Å². The van der Waals surface area contributed by atoms with Crippen molar-refractivity contribution in [2.75, 3.05) is 5.75 Å². The maximum absolute atomic E-state index is 12.6. The first kappa shape index (κ1) is 18.3. The molecule has 0 saturated carbocycles. The van der Waals surface area contributed by atoms with Crippen LogP contribution in [0.3, 0.4) is 0 Å². The quantitative estimate of drug-likeness (QED) is 0.739. The van der Waals surface area contributed by atoms with Crippen LogP contribution in [0.1, 0.15) is 39.2 Å². The predicted molar refractivity (Wildman–Crippen MR) is 94.3 cm³/mol. The molecule has 1 unspecified atom stereocenters. The van der Waals surface area contributed by atoms with Crippen LogP contribution in [-0.2, 0) is 20.8 Å². The first-order valence-electron chi connectivity index (χ1n) is 8.36. The van der Waals surface area contributed by atoms with Gasteiger partial charge in [0.2, 0.25) is 5.91 Å². The lowest BCUT2D eigenvalue weighted by atomic mass is 10.2. The largest absolute Gasteiger partial charge is 0.351 e. The molecule has 128 valence electrons. The van der Waals surface area contributed by atoms with E-state index in [1.165, 1.54) is 0 Å². The normalized spacial score (nSPS) is 22.9. The maximum atomic E-state index is 12.6. The molecule has 1 amide bonds. The number of carbonyl (C=O) groups is 1. The summed E-state index contributed by atoms with van der Waals surface area (Å²) in [6.45, 7) is 6.65. The molecule has 1 saturated heterocycles. The lowest BCUT2D eigenvalue weighted by Gasteiger charge is -2.21. The molecule has 0 radical (unpaired) electrons. The third-order valence-electron chi connectivity index (χ3n) is 3.97. The number of hydrogen-bond acceptors (Lipinski definition) is 4. The lowest BCUT2D eigenvalue weighted by molar-refractivity contribution is -0.130. The fraction of sp³-hybridized carbons (Fsp3) is 0.611. The summed E-state index contributed by atoms with van der Waals surface area (Å²) in [6, 6.07) is 9.93. The van der Waals surface area contributed by atoms with Crippen molar-refractivity contribution in [2.45, 2.75) is 63.9 Å². The fourth-order valence-electron chi connectivity index (χ4n) is 2.34. The molecule has 3 atom stereocenters. The molecule has 0 aliphatic carbocycles. The Bertz CT molecular complexity index is 472. The summed E-state index contributed by atoms with van der Waals surface area (Å²) in [5.41, 5.74) is 1.09. The van der Waals surface area contributed by atoms with Crippen LogP contribution in [0.2, 0.25) is 0 Å². The van der Waals surface area contributed by atoms with Gasteiger partial charge in [0.05, 0.1) is 12.2 Å². The summed E-state index contributed by atoms with van der Waals surface area (Å²) in [5.74, 6) is 0.924. The summed E-state index contributed by atoms with van der Waals surface area (Å²) in [4.78, 5) is 12.6. The number of hydrogen-bond donors (Lipinski definition) is 1. The highest BCUT2D eigenvalue weighted by atomic mass is 32.2. The van der Waals surface area contributed by atoms with Crippen molar-refractivity contribution in [1.82, 2.24) is 5.32 Å². The molecule has 1 heterocycles. The van der Waals surface area contributed by atoms with E-state index >= 15 is 0 Å². The monoisotopic (exact) mass is 337 g/mol. The van der Waals surface area contributed by atoms with Gasteiger partial charge in [-0.25, -0.2) is 0 Å². The summed E-state index contributed by atoms with van der Waals surface area (Å²) in [7, 11) is 0. The maximum Gasteiger partial charge on any atom is 0.238 e. The van der Waals surface area contributed by atoms with Gasteiger partial charge in [0.1, 0.15) is 5.25 Å². The molecule has 0 aromatic heterocycles. The average Bonchev–Trinajstić information content (AvgIpc) is 2.89. The Morgan fingerprint density at radius 2 is 1.87 bits per heavy atom. The van der Waals surface area contributed by atoms with Crippen LogP contribution in [0.25, 0.3) is 0 Å². The fourth-order valence-corrected chi connectivity index (χ4v) is 3.57. The van der Waals surface area contributed by atoms with Gasteiger partial charge in [-0.15, -0.1) is 11.8 Å². The molecule has 1 aliphatic rings. The van der Waals surface area contributed by atoms with Crippen molar-refractivity contribution in [3.05, 3.63) is 35.9 Å². The molecule has 0 spiro atoms. The smallest absolute Gasteiger partial charge is 0.238 e. The molecular weight excluding hydrogens is 310 g/mol. The average molecular weight is 337 g/mol. The minimum Gasteiger partial charge on any atom is -0.351 e. The van der Waals surface area contributed by atoms with E-state index < -0.39 is 6.29 Å². The molecule has 1 fully saturated rings. The molecule has 5 heteroatoms. The molecule has 1 aliphatic heterocycles. The van der Waals surface area contributed by atoms with Gasteiger partial charge in [-0.3, -0.25) is 4.79 Å². The zero-order chi connectivity index (χ0) is 16.7. The Balaban J connectivity index is 1.93. The number of nitrogens with one attached hydrogen (secondary N) is 1. The van der Waals surface area contributed by atoms with E-state index in [1.54, 1.807) is 11.8 Å². The molecule has 2 rings (SSSR count). The van der Waals surface area contributed by atoms with Crippen molar-refractivity contribution in [3.63, 3.8) is 0 Å². The van der Waals surface area contributed by atoms with Crippen molar-refractivity contribution in [1.29, 1.82) is 0 Å². The van der Waals surface area contributed by atoms with Gasteiger partial charge >= 0.3 is 0 Å². The van der Waals surface area contributed by atoms with Crippen molar-refractivity contribution in [2.24, 2.45) is 0 Å². The number of carbonyl (C=O) groups excluding carboxylic acids is 1. The standard InChI is InChI=1S/C18H27NO3S/c1-4-5-11-23-16(18-21-13(2)14(3)22-18)17(20)19-12-15-9-7-6-8-10-15/h6-10,13-14,16,18H,4-5,11-12H2,1-3H3,(H,19,20)/t13-,14-,16?/m1/s1. The van der Waals surface area contributed by atoms with Gasteiger partial charge in [-0.2, -0.15) is 0 Å². The van der Waals surface area contributed by atoms with Crippen molar-refractivity contribution >= 4 is 17.7 Å². The molecule has 0 bridgehead atoms. The summed E-state index contributed by atoms with van der Waals surface area (Å²) in [6.07, 6.45) is 1.79. The minimum atomic E-state index is -0.461. The van der Waals surface area contributed by atoms with E-state index in [1.807, 2.05) is 44.2 Å². The van der Waals surface area contributed by atoms with Crippen LogP contribution in [-0.4, -0.2) is 35.4 Å². The van der Waals surface area contributed by atoms with Gasteiger partial charge in [-0.1, -0.05) is 43.7 Å². The topological polar surface area (TPSA) is 47.6 Å². The highest BCUT2D eigenvalue weighted by Crippen LogP contribution is 2.28. The third-order valence-corrected chi connectivity index (χ3v) is 5.29. The molecule has 4 nitrogen and oxygen atoms in total. The zero-order valence-electron chi connectivity index (χ0n) is 14.2. The van der Waals surface area contributed by atoms with Gasteiger partial charge in [0, 0.05) is 6.54 Å². The van der Waals surface area contributed by atoms with Crippen LogP contribution < -0.4 is 5.32 Å². The van der Waals surface area contributed by atoms with Crippen LogP contribution in [0.5, 0.6) is 0 Å². The van der Waals surface area contributed by atoms with Gasteiger partial charge in [-0.05, 0) is 31.6 Å². The minimum absolute atomic E-state index is 0.0127. The first-order valence-corrected chi connectivity index (χ1v) is 9.41. The first-order chi connectivity index (χ1) is 11.1. The summed E-state index contributed by atoms with van der Waals surface area (Å²) >= 11 is 1.63. The number of benzene rings is 1. The van der Waals surface area contributed by atoms with E-state index in [9.17, 15) is 4.79 Å².